The first-order valence-corrected chi connectivity index (χ1v) is 13.2. The Morgan fingerprint density at radius 3 is 1.78 bits per heavy atom. The van der Waals surface area contributed by atoms with Crippen LogP contribution in [0.1, 0.15) is 89.5 Å². The van der Waals surface area contributed by atoms with Crippen molar-refractivity contribution in [3.63, 3.8) is 0 Å². The van der Waals surface area contributed by atoms with Gasteiger partial charge in [0.2, 0.25) is 0 Å². The van der Waals surface area contributed by atoms with Crippen LogP contribution in [0.5, 0.6) is 11.5 Å². The summed E-state index contributed by atoms with van der Waals surface area (Å²) in [7, 11) is -4.49. The van der Waals surface area contributed by atoms with Crippen LogP contribution in [0.4, 0.5) is 0 Å². The fraction of sp³-hybridized carbons (Fsp3) is 0.538. The van der Waals surface area contributed by atoms with Crippen LogP contribution >= 0.6 is 0 Å². The molecule has 0 aromatic heterocycles. The quantitative estimate of drug-likeness (QED) is 0.198. The van der Waals surface area contributed by atoms with Gasteiger partial charge in [-0.3, -0.25) is 0 Å². The minimum atomic E-state index is -4.49. The normalized spacial score (nSPS) is 11.2. The van der Waals surface area contributed by atoms with Gasteiger partial charge < -0.3 is 9.29 Å². The van der Waals surface area contributed by atoms with Gasteiger partial charge in [0.25, 0.3) is 0 Å². The van der Waals surface area contributed by atoms with Crippen LogP contribution in [0.3, 0.4) is 0 Å². The van der Waals surface area contributed by atoms with Crippen molar-refractivity contribution in [1.82, 2.24) is 0 Å². The largest absolute Gasteiger partial charge is 1.00 e. The van der Waals surface area contributed by atoms with Gasteiger partial charge in [0, 0.05) is 0 Å². The fourth-order valence-corrected chi connectivity index (χ4v) is 4.56. The second-order valence-corrected chi connectivity index (χ2v) is 9.63. The maximum absolute atomic E-state index is 11.6. The van der Waals surface area contributed by atoms with Crippen molar-refractivity contribution in [3.05, 3.63) is 54.1 Å². The molecule has 0 radical (unpaired) electrons. The van der Waals surface area contributed by atoms with Gasteiger partial charge in [-0.05, 0) is 48.7 Å². The standard InChI is InChI=1S/C26H38O4S.K/c1-2-3-4-5-6-7-8-9-10-11-12-14-17-23-22-25(20-21-26(23)31(27,28)29)30-24-18-15-13-16-19-24;/h13,15-16,18-22H,2-12,14,17H2,1H3,(H,27,28,29);/q;+1/p-1. The van der Waals surface area contributed by atoms with Gasteiger partial charge in [0.15, 0.2) is 0 Å². The van der Waals surface area contributed by atoms with E-state index >= 15 is 0 Å². The van der Waals surface area contributed by atoms with E-state index in [9.17, 15) is 13.0 Å². The molecule has 4 nitrogen and oxygen atoms in total. The fourth-order valence-electron chi connectivity index (χ4n) is 3.84. The van der Waals surface area contributed by atoms with E-state index in [-0.39, 0.29) is 56.3 Å². The van der Waals surface area contributed by atoms with Crippen LogP contribution in [0.15, 0.2) is 53.4 Å². The van der Waals surface area contributed by atoms with Crippen LogP contribution in [0.25, 0.3) is 0 Å². The average molecular weight is 485 g/mol. The average Bonchev–Trinajstić information content (AvgIpc) is 2.74. The monoisotopic (exact) mass is 484 g/mol. The first kappa shape index (κ1) is 29.8. The number of hydrogen-bond acceptors (Lipinski definition) is 4. The van der Waals surface area contributed by atoms with Crippen molar-refractivity contribution in [1.29, 1.82) is 0 Å². The van der Waals surface area contributed by atoms with E-state index in [4.69, 9.17) is 4.74 Å². The van der Waals surface area contributed by atoms with E-state index in [0.29, 0.717) is 23.5 Å². The molecule has 0 amide bonds. The maximum atomic E-state index is 11.6. The van der Waals surface area contributed by atoms with Gasteiger partial charge in [-0.25, -0.2) is 8.42 Å². The smallest absolute Gasteiger partial charge is 0.744 e. The van der Waals surface area contributed by atoms with Crippen molar-refractivity contribution >= 4 is 10.1 Å². The van der Waals surface area contributed by atoms with E-state index in [1.165, 1.54) is 63.9 Å². The molecule has 0 bridgehead atoms. The minimum absolute atomic E-state index is 0. The molecule has 0 aliphatic heterocycles. The van der Waals surface area contributed by atoms with E-state index in [0.717, 1.165) is 19.3 Å². The van der Waals surface area contributed by atoms with E-state index in [1.807, 2.05) is 30.3 Å². The van der Waals surface area contributed by atoms with Gasteiger partial charge in [-0.2, -0.15) is 0 Å². The second-order valence-electron chi connectivity index (χ2n) is 8.28. The Morgan fingerprint density at radius 2 is 1.25 bits per heavy atom. The third kappa shape index (κ3) is 12.3. The summed E-state index contributed by atoms with van der Waals surface area (Å²) in [5.74, 6) is 1.23. The van der Waals surface area contributed by atoms with Crippen molar-refractivity contribution in [2.24, 2.45) is 0 Å². The van der Waals surface area contributed by atoms with Crippen LogP contribution in [-0.2, 0) is 16.5 Å². The molecule has 0 heterocycles. The van der Waals surface area contributed by atoms with Crippen LogP contribution in [-0.4, -0.2) is 13.0 Å². The minimum Gasteiger partial charge on any atom is -0.744 e. The predicted octanol–water partition coefficient (Wildman–Crippen LogP) is 4.63. The molecule has 2 aromatic carbocycles. The van der Waals surface area contributed by atoms with Crippen molar-refractivity contribution in [2.45, 2.75) is 95.3 Å². The number of aryl methyl sites for hydroxylation is 1. The van der Waals surface area contributed by atoms with Gasteiger partial charge in [0.1, 0.15) is 21.6 Å². The molecule has 0 atom stereocenters. The topological polar surface area (TPSA) is 66.4 Å². The molecule has 2 rings (SSSR count). The Hall–Kier alpha value is -0.214. The van der Waals surface area contributed by atoms with Gasteiger partial charge >= 0.3 is 51.4 Å². The number of rotatable bonds is 16. The van der Waals surface area contributed by atoms with Gasteiger partial charge in [-0.15, -0.1) is 0 Å². The molecule has 6 heteroatoms. The molecule has 0 spiro atoms. The number of ether oxygens (including phenoxy) is 1. The Bertz CT molecular complexity index is 853. The summed E-state index contributed by atoms with van der Waals surface area (Å²) in [6.07, 6.45) is 15.5. The van der Waals surface area contributed by atoms with Crippen LogP contribution < -0.4 is 56.1 Å². The van der Waals surface area contributed by atoms with Crippen LogP contribution in [0.2, 0.25) is 0 Å². The van der Waals surface area contributed by atoms with E-state index in [2.05, 4.69) is 6.92 Å². The summed E-state index contributed by atoms with van der Waals surface area (Å²) >= 11 is 0. The zero-order valence-electron chi connectivity index (χ0n) is 19.9. The van der Waals surface area contributed by atoms with E-state index in [1.54, 1.807) is 12.1 Å². The van der Waals surface area contributed by atoms with Crippen molar-refractivity contribution in [3.8, 4) is 11.5 Å². The summed E-state index contributed by atoms with van der Waals surface area (Å²) < 4.78 is 40.7. The van der Waals surface area contributed by atoms with Gasteiger partial charge in [0.05, 0.1) is 4.90 Å². The van der Waals surface area contributed by atoms with Crippen molar-refractivity contribution in [2.75, 3.05) is 0 Å². The second kappa shape index (κ2) is 17.3. The number of para-hydroxylation sites is 1. The van der Waals surface area contributed by atoms with E-state index < -0.39 is 10.1 Å². The first-order valence-electron chi connectivity index (χ1n) is 11.8. The molecule has 0 unspecified atom stereocenters. The molecule has 2 aromatic rings. The Kier molecular flexibility index (Phi) is 16.1. The maximum Gasteiger partial charge on any atom is 1.00 e. The third-order valence-electron chi connectivity index (χ3n) is 5.58. The SMILES string of the molecule is CCCCCCCCCCCCCCc1cc(Oc2ccccc2)ccc1S(=O)(=O)[O-].[K+]. The molecule has 0 saturated heterocycles. The Morgan fingerprint density at radius 1 is 0.719 bits per heavy atom. The summed E-state index contributed by atoms with van der Waals surface area (Å²) in [4.78, 5) is -0.129. The van der Waals surface area contributed by atoms with Crippen molar-refractivity contribution < 1.29 is 69.1 Å². The first-order chi connectivity index (χ1) is 15.0. The molecule has 0 aliphatic rings. The zero-order valence-corrected chi connectivity index (χ0v) is 23.8. The number of hydrogen-bond donors (Lipinski definition) is 0. The molecule has 172 valence electrons. The molecule has 32 heavy (non-hydrogen) atoms. The number of benzene rings is 2. The van der Waals surface area contributed by atoms with Crippen LogP contribution in [0, 0.1) is 0 Å². The molecule has 0 fully saturated rings. The zero-order chi connectivity index (χ0) is 22.4. The molecule has 0 aliphatic carbocycles. The summed E-state index contributed by atoms with van der Waals surface area (Å²) in [5, 5.41) is 0. The Labute approximate surface area is 237 Å². The summed E-state index contributed by atoms with van der Waals surface area (Å²) in [6.45, 7) is 2.25. The molecular weight excluding hydrogens is 447 g/mol. The summed E-state index contributed by atoms with van der Waals surface area (Å²) in [6, 6.07) is 13.9. The Balaban J connectivity index is 0.00000512. The molecule has 0 N–H and O–H groups in total. The molecular formula is C26H37KO4S. The third-order valence-corrected chi connectivity index (χ3v) is 6.52. The summed E-state index contributed by atoms with van der Waals surface area (Å²) in [5.41, 5.74) is 0.551. The number of unbranched alkanes of at least 4 members (excludes halogenated alkanes) is 11. The molecule has 0 saturated carbocycles. The van der Waals surface area contributed by atoms with Gasteiger partial charge in [-0.1, -0.05) is 95.8 Å². The predicted molar refractivity (Wildman–Crippen MR) is 126 cm³/mol.